The van der Waals surface area contributed by atoms with Gasteiger partial charge >= 0.3 is 5.97 Å². The van der Waals surface area contributed by atoms with Crippen molar-refractivity contribution in [1.82, 2.24) is 4.90 Å². The molecule has 0 spiro atoms. The first-order chi connectivity index (χ1) is 10.2. The van der Waals surface area contributed by atoms with E-state index in [4.69, 9.17) is 9.47 Å². The fraction of sp³-hybridized carbons (Fsp3) is 0.500. The summed E-state index contributed by atoms with van der Waals surface area (Å²) in [6.45, 7) is 4.66. The monoisotopic (exact) mass is 291 g/mol. The van der Waals surface area contributed by atoms with Crippen molar-refractivity contribution < 1.29 is 19.1 Å². The molecule has 1 aliphatic heterocycles. The minimum absolute atomic E-state index is 0.199. The van der Waals surface area contributed by atoms with E-state index in [0.717, 1.165) is 6.42 Å². The van der Waals surface area contributed by atoms with Gasteiger partial charge in [-0.25, -0.2) is 4.79 Å². The van der Waals surface area contributed by atoms with Crippen molar-refractivity contribution in [3.8, 4) is 0 Å². The lowest BCUT2D eigenvalue weighted by atomic mass is 10.1. The van der Waals surface area contributed by atoms with E-state index in [9.17, 15) is 9.59 Å². The molecule has 0 radical (unpaired) electrons. The molecule has 1 fully saturated rings. The molecule has 1 saturated heterocycles. The molecule has 0 bridgehead atoms. The number of carbonyl (C=O) groups excluding carboxylic acids is 2. The number of hydrogen-bond donors (Lipinski definition) is 0. The average molecular weight is 291 g/mol. The Morgan fingerprint density at radius 1 is 1.19 bits per heavy atom. The normalized spacial score (nSPS) is 21.3. The molecule has 0 aromatic heterocycles. The van der Waals surface area contributed by atoms with Gasteiger partial charge in [-0.05, 0) is 32.4 Å². The van der Waals surface area contributed by atoms with Crippen LogP contribution in [0.15, 0.2) is 30.3 Å². The summed E-state index contributed by atoms with van der Waals surface area (Å²) in [6, 6.07) is 8.93. The molecule has 0 saturated carbocycles. The van der Waals surface area contributed by atoms with Crippen molar-refractivity contribution in [3.63, 3.8) is 0 Å². The number of carbonyl (C=O) groups is 2. The topological polar surface area (TPSA) is 55.8 Å². The summed E-state index contributed by atoms with van der Waals surface area (Å²) in [5.74, 6) is -0.678. The van der Waals surface area contributed by atoms with Gasteiger partial charge in [0.15, 0.2) is 0 Å². The maximum absolute atomic E-state index is 12.7. The highest BCUT2D eigenvalue weighted by Gasteiger charge is 2.52. The summed E-state index contributed by atoms with van der Waals surface area (Å²) >= 11 is 0. The minimum Gasteiger partial charge on any atom is -0.462 e. The quantitative estimate of drug-likeness (QED) is 0.781. The van der Waals surface area contributed by atoms with Gasteiger partial charge in [-0.1, -0.05) is 18.2 Å². The van der Waals surface area contributed by atoms with E-state index in [1.807, 2.05) is 13.0 Å². The van der Waals surface area contributed by atoms with E-state index in [1.54, 1.807) is 31.2 Å². The molecule has 1 amide bonds. The summed E-state index contributed by atoms with van der Waals surface area (Å²) in [4.78, 5) is 26.6. The molecular weight excluding hydrogens is 270 g/mol. The van der Waals surface area contributed by atoms with Crippen molar-refractivity contribution in [3.05, 3.63) is 35.9 Å². The summed E-state index contributed by atoms with van der Waals surface area (Å²) in [6.07, 6.45) is 1.19. The van der Waals surface area contributed by atoms with Gasteiger partial charge in [-0.15, -0.1) is 0 Å². The molecule has 1 heterocycles. The second kappa shape index (κ2) is 6.72. The third-order valence-corrected chi connectivity index (χ3v) is 3.58. The lowest BCUT2D eigenvalue weighted by Crippen LogP contribution is -2.55. The van der Waals surface area contributed by atoms with Gasteiger partial charge in [-0.3, -0.25) is 4.79 Å². The van der Waals surface area contributed by atoms with Crippen molar-refractivity contribution in [1.29, 1.82) is 0 Å². The Bertz CT molecular complexity index is 502. The van der Waals surface area contributed by atoms with Gasteiger partial charge in [0.25, 0.3) is 5.91 Å². The second-order valence-electron chi connectivity index (χ2n) is 4.86. The fourth-order valence-corrected chi connectivity index (χ4v) is 2.70. The van der Waals surface area contributed by atoms with E-state index in [2.05, 4.69) is 0 Å². The van der Waals surface area contributed by atoms with E-state index in [0.29, 0.717) is 25.1 Å². The van der Waals surface area contributed by atoms with Crippen LogP contribution in [0.2, 0.25) is 0 Å². The van der Waals surface area contributed by atoms with Crippen LogP contribution < -0.4 is 0 Å². The highest BCUT2D eigenvalue weighted by atomic mass is 16.6. The molecule has 1 aliphatic rings. The summed E-state index contributed by atoms with van der Waals surface area (Å²) < 4.78 is 10.8. The van der Waals surface area contributed by atoms with Crippen LogP contribution in [0.3, 0.4) is 0 Å². The Kier molecular flexibility index (Phi) is 4.96. The molecule has 1 aromatic carbocycles. The number of rotatable bonds is 5. The van der Waals surface area contributed by atoms with Gasteiger partial charge in [0.05, 0.1) is 6.61 Å². The zero-order valence-electron chi connectivity index (χ0n) is 12.5. The van der Waals surface area contributed by atoms with E-state index >= 15 is 0 Å². The summed E-state index contributed by atoms with van der Waals surface area (Å²) in [7, 11) is 0. The number of likely N-dealkylation sites (tertiary alicyclic amines) is 1. The number of nitrogens with zero attached hydrogens (tertiary/aromatic N) is 1. The third kappa shape index (κ3) is 2.93. The average Bonchev–Trinajstić information content (AvgIpc) is 2.93. The molecule has 0 N–H and O–H groups in total. The SMILES string of the molecule is CCOC(=O)[C@]1(OCC)CCCN1C(=O)c1ccccc1. The summed E-state index contributed by atoms with van der Waals surface area (Å²) in [5.41, 5.74) is -0.731. The predicted octanol–water partition coefficient (Wildman–Crippen LogP) is 2.22. The molecule has 21 heavy (non-hydrogen) atoms. The molecule has 5 heteroatoms. The summed E-state index contributed by atoms with van der Waals surface area (Å²) in [5, 5.41) is 0. The van der Waals surface area contributed by atoms with Gasteiger partial charge in [0, 0.05) is 25.1 Å². The Labute approximate surface area is 124 Å². The molecular formula is C16H21NO4. The zero-order chi connectivity index (χ0) is 15.3. The molecule has 0 unspecified atom stereocenters. The fourth-order valence-electron chi connectivity index (χ4n) is 2.70. The molecule has 1 aromatic rings. The van der Waals surface area contributed by atoms with Crippen molar-refractivity contribution in [2.45, 2.75) is 32.4 Å². The van der Waals surface area contributed by atoms with Crippen LogP contribution in [0.25, 0.3) is 0 Å². The largest absolute Gasteiger partial charge is 0.462 e. The molecule has 2 rings (SSSR count). The maximum atomic E-state index is 12.7. The first-order valence-electron chi connectivity index (χ1n) is 7.34. The molecule has 0 aliphatic carbocycles. The molecule has 1 atom stereocenters. The third-order valence-electron chi connectivity index (χ3n) is 3.58. The standard InChI is InChI=1S/C16H21NO4/c1-3-20-15(19)16(21-4-2)11-8-12-17(16)14(18)13-9-6-5-7-10-13/h5-7,9-10H,3-4,8,11-12H2,1-2H3/t16-/m1/s1. The van der Waals surface area contributed by atoms with Crippen molar-refractivity contribution in [2.24, 2.45) is 0 Å². The smallest absolute Gasteiger partial charge is 0.360 e. The second-order valence-corrected chi connectivity index (χ2v) is 4.86. The molecule has 114 valence electrons. The first kappa shape index (κ1) is 15.5. The van der Waals surface area contributed by atoms with E-state index < -0.39 is 11.7 Å². The van der Waals surface area contributed by atoms with Crippen LogP contribution >= 0.6 is 0 Å². The Morgan fingerprint density at radius 3 is 2.52 bits per heavy atom. The van der Waals surface area contributed by atoms with Crippen molar-refractivity contribution in [2.75, 3.05) is 19.8 Å². The number of hydrogen-bond acceptors (Lipinski definition) is 4. The Morgan fingerprint density at radius 2 is 1.90 bits per heavy atom. The van der Waals surface area contributed by atoms with Gasteiger partial charge in [0.1, 0.15) is 0 Å². The van der Waals surface area contributed by atoms with Crippen LogP contribution in [0.1, 0.15) is 37.0 Å². The number of amides is 1. The Hall–Kier alpha value is -1.88. The first-order valence-corrected chi connectivity index (χ1v) is 7.34. The van der Waals surface area contributed by atoms with Crippen LogP contribution in [0, 0.1) is 0 Å². The van der Waals surface area contributed by atoms with Gasteiger partial charge < -0.3 is 14.4 Å². The number of esters is 1. The van der Waals surface area contributed by atoms with E-state index in [1.165, 1.54) is 4.90 Å². The Balaban J connectivity index is 2.31. The molecule has 5 nitrogen and oxygen atoms in total. The van der Waals surface area contributed by atoms with Crippen molar-refractivity contribution >= 4 is 11.9 Å². The predicted molar refractivity (Wildman–Crippen MR) is 77.7 cm³/mol. The minimum atomic E-state index is -1.28. The van der Waals surface area contributed by atoms with Crippen LogP contribution in [-0.4, -0.2) is 42.3 Å². The number of ether oxygens (including phenoxy) is 2. The number of benzene rings is 1. The highest BCUT2D eigenvalue weighted by Crippen LogP contribution is 2.33. The van der Waals surface area contributed by atoms with Gasteiger partial charge in [0.2, 0.25) is 5.72 Å². The van der Waals surface area contributed by atoms with E-state index in [-0.39, 0.29) is 12.5 Å². The highest BCUT2D eigenvalue weighted by molar-refractivity contribution is 5.98. The van der Waals surface area contributed by atoms with Crippen LogP contribution in [-0.2, 0) is 14.3 Å². The maximum Gasteiger partial charge on any atom is 0.360 e. The van der Waals surface area contributed by atoms with Crippen LogP contribution in [0.5, 0.6) is 0 Å². The lowest BCUT2D eigenvalue weighted by Gasteiger charge is -2.35. The van der Waals surface area contributed by atoms with Gasteiger partial charge in [-0.2, -0.15) is 0 Å². The van der Waals surface area contributed by atoms with Crippen LogP contribution in [0.4, 0.5) is 0 Å². The zero-order valence-corrected chi connectivity index (χ0v) is 12.5. The lowest BCUT2D eigenvalue weighted by molar-refractivity contribution is -0.189.